The van der Waals surface area contributed by atoms with E-state index < -0.39 is 0 Å². The van der Waals surface area contributed by atoms with Crippen LogP contribution in [0.25, 0.3) is 11.3 Å². The van der Waals surface area contributed by atoms with Gasteiger partial charge < -0.3 is 5.21 Å². The molecule has 18 heavy (non-hydrogen) atoms. The van der Waals surface area contributed by atoms with Crippen molar-refractivity contribution in [3.05, 3.63) is 35.5 Å². The standard InChI is InChI=1S/C12H11N3O3/c16-10-7-4-8-14(10)12-11(15(17)18-13-12)9-5-2-1-3-6-9/h1-3,5-6H,4,7-8H2. The van der Waals surface area contributed by atoms with Crippen molar-refractivity contribution in [3.63, 3.8) is 0 Å². The van der Waals surface area contributed by atoms with E-state index in [0.717, 1.165) is 6.42 Å². The maximum atomic E-state index is 11.7. The van der Waals surface area contributed by atoms with Crippen molar-refractivity contribution >= 4 is 11.7 Å². The molecule has 0 bridgehead atoms. The van der Waals surface area contributed by atoms with Crippen LogP contribution in [-0.2, 0) is 4.79 Å². The SMILES string of the molecule is O=C1CCCN1c1no[n+]([O-])c1-c1ccccc1. The van der Waals surface area contributed by atoms with Gasteiger partial charge in [-0.1, -0.05) is 30.3 Å². The molecule has 92 valence electrons. The molecule has 0 unspecified atom stereocenters. The number of aromatic nitrogens is 2. The topological polar surface area (TPSA) is 73.3 Å². The van der Waals surface area contributed by atoms with E-state index >= 15 is 0 Å². The van der Waals surface area contributed by atoms with Crippen LogP contribution in [0.2, 0.25) is 0 Å². The van der Waals surface area contributed by atoms with Crippen molar-refractivity contribution in [2.24, 2.45) is 0 Å². The Morgan fingerprint density at radius 1 is 1.33 bits per heavy atom. The summed E-state index contributed by atoms with van der Waals surface area (Å²) in [6.07, 6.45) is 1.26. The second kappa shape index (κ2) is 4.14. The number of carbonyl (C=O) groups excluding carboxylic acids is 1. The van der Waals surface area contributed by atoms with Crippen molar-refractivity contribution < 1.29 is 14.3 Å². The molecule has 0 saturated carbocycles. The highest BCUT2D eigenvalue weighted by Crippen LogP contribution is 2.28. The lowest BCUT2D eigenvalue weighted by Crippen LogP contribution is -2.29. The third-order valence-corrected chi connectivity index (χ3v) is 2.97. The minimum atomic E-state index is -0.0268. The lowest BCUT2D eigenvalue weighted by Gasteiger charge is -2.08. The van der Waals surface area contributed by atoms with E-state index in [1.165, 1.54) is 4.90 Å². The summed E-state index contributed by atoms with van der Waals surface area (Å²) >= 11 is 0. The molecular formula is C12H11N3O3. The summed E-state index contributed by atoms with van der Waals surface area (Å²) in [4.78, 5) is 13.5. The molecule has 2 aromatic rings. The Bertz CT molecular complexity index is 580. The number of nitrogens with zero attached hydrogens (tertiary/aromatic N) is 3. The molecule has 1 aromatic carbocycles. The zero-order chi connectivity index (χ0) is 12.5. The van der Waals surface area contributed by atoms with Gasteiger partial charge in [0.15, 0.2) is 0 Å². The summed E-state index contributed by atoms with van der Waals surface area (Å²) in [7, 11) is 0. The minimum absolute atomic E-state index is 0.0268. The lowest BCUT2D eigenvalue weighted by molar-refractivity contribution is -0.793. The Balaban J connectivity index is 2.10. The van der Waals surface area contributed by atoms with Crippen LogP contribution in [0.15, 0.2) is 35.0 Å². The molecule has 3 rings (SSSR count). The fourth-order valence-corrected chi connectivity index (χ4v) is 2.12. The molecule has 6 nitrogen and oxygen atoms in total. The molecule has 0 aliphatic carbocycles. The lowest BCUT2D eigenvalue weighted by atomic mass is 10.1. The second-order valence-corrected chi connectivity index (χ2v) is 4.12. The summed E-state index contributed by atoms with van der Waals surface area (Å²) < 4.78 is 4.63. The van der Waals surface area contributed by atoms with Crippen LogP contribution in [0.1, 0.15) is 12.8 Å². The molecule has 1 aromatic heterocycles. The highest BCUT2D eigenvalue weighted by atomic mass is 16.8. The summed E-state index contributed by atoms with van der Waals surface area (Å²) in [5.41, 5.74) is 0.967. The Kier molecular flexibility index (Phi) is 2.47. The predicted molar refractivity (Wildman–Crippen MR) is 62.5 cm³/mol. The normalized spacial score (nSPS) is 15.3. The van der Waals surface area contributed by atoms with Gasteiger partial charge in [0, 0.05) is 18.5 Å². The zero-order valence-corrected chi connectivity index (χ0v) is 9.57. The average molecular weight is 245 g/mol. The van der Waals surface area contributed by atoms with Crippen LogP contribution < -0.4 is 9.80 Å². The Morgan fingerprint density at radius 2 is 2.11 bits per heavy atom. The maximum Gasteiger partial charge on any atom is 0.324 e. The van der Waals surface area contributed by atoms with Crippen molar-refractivity contribution in [2.45, 2.75) is 12.8 Å². The van der Waals surface area contributed by atoms with E-state index in [0.29, 0.717) is 29.2 Å². The predicted octanol–water partition coefficient (Wildman–Crippen LogP) is 1.10. The van der Waals surface area contributed by atoms with Crippen molar-refractivity contribution in [3.8, 4) is 11.3 Å². The highest BCUT2D eigenvalue weighted by molar-refractivity contribution is 5.96. The van der Waals surface area contributed by atoms with E-state index in [2.05, 4.69) is 9.79 Å². The Labute approximate surface area is 103 Å². The number of carbonyl (C=O) groups is 1. The smallest absolute Gasteiger partial charge is 0.324 e. The fourth-order valence-electron chi connectivity index (χ4n) is 2.12. The Morgan fingerprint density at radius 3 is 2.78 bits per heavy atom. The number of rotatable bonds is 2. The quantitative estimate of drug-likeness (QED) is 0.743. The van der Waals surface area contributed by atoms with Crippen molar-refractivity contribution in [1.82, 2.24) is 5.16 Å². The zero-order valence-electron chi connectivity index (χ0n) is 9.57. The van der Waals surface area contributed by atoms with Gasteiger partial charge in [0.1, 0.15) is 0 Å². The number of anilines is 1. The largest absolute Gasteiger partial charge is 0.359 e. The van der Waals surface area contributed by atoms with Crippen molar-refractivity contribution in [2.75, 3.05) is 11.4 Å². The highest BCUT2D eigenvalue weighted by Gasteiger charge is 2.33. The summed E-state index contributed by atoms with van der Waals surface area (Å²) in [5, 5.41) is 15.4. The molecule has 0 spiro atoms. The average Bonchev–Trinajstić information content (AvgIpc) is 2.96. The Hall–Kier alpha value is -2.37. The molecule has 1 aliphatic heterocycles. The molecule has 1 amide bonds. The van der Waals surface area contributed by atoms with Gasteiger partial charge >= 0.3 is 5.82 Å². The van der Waals surface area contributed by atoms with Crippen LogP contribution in [0.5, 0.6) is 0 Å². The van der Waals surface area contributed by atoms with Crippen molar-refractivity contribution in [1.29, 1.82) is 0 Å². The van der Waals surface area contributed by atoms with E-state index in [1.807, 2.05) is 18.2 Å². The third-order valence-electron chi connectivity index (χ3n) is 2.97. The monoisotopic (exact) mass is 245 g/mol. The van der Waals surface area contributed by atoms with Crippen LogP contribution in [0.3, 0.4) is 0 Å². The first-order valence-electron chi connectivity index (χ1n) is 5.73. The van der Waals surface area contributed by atoms with E-state index in [1.54, 1.807) is 12.1 Å². The molecule has 2 heterocycles. The number of benzene rings is 1. The van der Waals surface area contributed by atoms with Crippen LogP contribution >= 0.6 is 0 Å². The molecular weight excluding hydrogens is 234 g/mol. The maximum absolute atomic E-state index is 11.7. The first-order chi connectivity index (χ1) is 8.77. The summed E-state index contributed by atoms with van der Waals surface area (Å²) in [5.74, 6) is 0.278. The van der Waals surface area contributed by atoms with Crippen LogP contribution in [0.4, 0.5) is 5.82 Å². The number of hydrogen-bond acceptors (Lipinski definition) is 4. The molecule has 0 N–H and O–H groups in total. The van der Waals surface area contributed by atoms with Gasteiger partial charge in [0.25, 0.3) is 5.69 Å². The van der Waals surface area contributed by atoms with Crippen LogP contribution in [-0.4, -0.2) is 17.6 Å². The van der Waals surface area contributed by atoms with Gasteiger partial charge in [-0.25, -0.2) is 0 Å². The molecule has 1 saturated heterocycles. The number of hydrogen-bond donors (Lipinski definition) is 0. The fraction of sp³-hybridized carbons (Fsp3) is 0.250. The summed E-state index contributed by atoms with van der Waals surface area (Å²) in [6, 6.07) is 9.05. The van der Waals surface area contributed by atoms with E-state index in [-0.39, 0.29) is 11.6 Å². The first kappa shape index (κ1) is 10.8. The summed E-state index contributed by atoms with van der Waals surface area (Å²) in [6.45, 7) is 0.575. The molecule has 0 atom stereocenters. The van der Waals surface area contributed by atoms with Gasteiger partial charge in [0.2, 0.25) is 5.91 Å². The third kappa shape index (κ3) is 1.62. The van der Waals surface area contributed by atoms with E-state index in [9.17, 15) is 10.0 Å². The minimum Gasteiger partial charge on any atom is -0.359 e. The first-order valence-corrected chi connectivity index (χ1v) is 5.73. The molecule has 6 heteroatoms. The second-order valence-electron chi connectivity index (χ2n) is 4.12. The molecule has 1 aliphatic rings. The van der Waals surface area contributed by atoms with E-state index in [4.69, 9.17) is 0 Å². The number of amides is 1. The molecule has 1 fully saturated rings. The van der Waals surface area contributed by atoms with Crippen LogP contribution in [0, 0.1) is 5.21 Å². The van der Waals surface area contributed by atoms with Gasteiger partial charge in [-0.3, -0.25) is 14.3 Å². The van der Waals surface area contributed by atoms with Gasteiger partial charge in [-0.2, -0.15) is 0 Å². The molecule has 0 radical (unpaired) electrons. The van der Waals surface area contributed by atoms with Gasteiger partial charge in [-0.15, -0.1) is 0 Å². The van der Waals surface area contributed by atoms with Gasteiger partial charge in [0.05, 0.1) is 5.16 Å². The van der Waals surface area contributed by atoms with Gasteiger partial charge in [-0.05, 0) is 11.3 Å².